The Bertz CT molecular complexity index is 1110. The fourth-order valence-corrected chi connectivity index (χ4v) is 3.18. The summed E-state index contributed by atoms with van der Waals surface area (Å²) in [4.78, 5) is 30.2. The Morgan fingerprint density at radius 2 is 2.07 bits per heavy atom. The van der Waals surface area contributed by atoms with Crippen molar-refractivity contribution in [2.75, 3.05) is 24.5 Å². The van der Waals surface area contributed by atoms with E-state index in [1.807, 2.05) is 55.6 Å². The van der Waals surface area contributed by atoms with Crippen molar-refractivity contribution in [3.05, 3.63) is 65.6 Å². The second kappa shape index (κ2) is 7.45. The van der Waals surface area contributed by atoms with Gasteiger partial charge in [-0.25, -0.2) is 9.78 Å². The molecule has 7 nitrogen and oxygen atoms in total. The Kier molecular flexibility index (Phi) is 4.68. The van der Waals surface area contributed by atoms with Gasteiger partial charge in [-0.3, -0.25) is 14.1 Å². The highest BCUT2D eigenvalue weighted by molar-refractivity contribution is 5.95. The van der Waals surface area contributed by atoms with Gasteiger partial charge in [0, 0.05) is 30.5 Å². The summed E-state index contributed by atoms with van der Waals surface area (Å²) < 4.78 is 1.77. The average Bonchev–Trinajstić information content (AvgIpc) is 3.27. The predicted octanol–water partition coefficient (Wildman–Crippen LogP) is 1.95. The van der Waals surface area contributed by atoms with Gasteiger partial charge in [-0.15, -0.1) is 0 Å². The van der Waals surface area contributed by atoms with Crippen LogP contribution in [0.2, 0.25) is 0 Å². The zero-order chi connectivity index (χ0) is 19.5. The molecule has 0 unspecified atom stereocenters. The molecule has 0 bridgehead atoms. The van der Waals surface area contributed by atoms with Crippen molar-refractivity contribution in [3.63, 3.8) is 0 Å². The number of hydrogen-bond donors (Lipinski definition) is 2. The average molecular weight is 373 g/mol. The molecule has 2 N–H and O–H groups in total. The Balaban J connectivity index is 1.39. The molecule has 1 fully saturated rings. The first kappa shape index (κ1) is 17.6. The number of anilines is 1. The van der Waals surface area contributed by atoms with Crippen molar-refractivity contribution in [2.24, 2.45) is 0 Å². The number of urea groups is 1. The first-order valence-corrected chi connectivity index (χ1v) is 9.00. The van der Waals surface area contributed by atoms with Crippen molar-refractivity contribution in [1.82, 2.24) is 20.0 Å². The fraction of sp³-hybridized carbons (Fsp3) is 0.190. The van der Waals surface area contributed by atoms with Crippen LogP contribution in [0.3, 0.4) is 0 Å². The van der Waals surface area contributed by atoms with Crippen molar-refractivity contribution in [2.45, 2.75) is 6.92 Å². The Labute approximate surface area is 162 Å². The lowest BCUT2D eigenvalue weighted by Crippen LogP contribution is -2.27. The molecule has 0 spiro atoms. The number of carbonyl (C=O) groups excluding carboxylic acids is 2. The number of pyridine rings is 1. The van der Waals surface area contributed by atoms with Crippen LogP contribution < -0.4 is 15.5 Å². The monoisotopic (exact) mass is 373 g/mol. The van der Waals surface area contributed by atoms with Gasteiger partial charge >= 0.3 is 6.03 Å². The van der Waals surface area contributed by atoms with Gasteiger partial charge < -0.3 is 10.6 Å². The molecule has 1 aliphatic heterocycles. The lowest BCUT2D eigenvalue weighted by atomic mass is 10.2. The lowest BCUT2D eigenvalue weighted by molar-refractivity contribution is 0.0952. The molecule has 3 heterocycles. The number of amides is 3. The second-order valence-electron chi connectivity index (χ2n) is 6.39. The number of aryl methyl sites for hydroxylation is 1. The van der Waals surface area contributed by atoms with Crippen LogP contribution in [-0.4, -0.2) is 41.0 Å². The summed E-state index contributed by atoms with van der Waals surface area (Å²) in [5.41, 5.74) is 3.60. The molecule has 140 valence electrons. The van der Waals surface area contributed by atoms with Gasteiger partial charge in [0.2, 0.25) is 0 Å². The van der Waals surface area contributed by atoms with Gasteiger partial charge in [0.1, 0.15) is 11.3 Å². The van der Waals surface area contributed by atoms with E-state index in [1.54, 1.807) is 9.30 Å². The minimum absolute atomic E-state index is 0.0794. The predicted molar refractivity (Wildman–Crippen MR) is 106 cm³/mol. The van der Waals surface area contributed by atoms with Crippen LogP contribution in [0.15, 0.2) is 48.7 Å². The van der Waals surface area contributed by atoms with Crippen LogP contribution in [0.5, 0.6) is 0 Å². The van der Waals surface area contributed by atoms with Gasteiger partial charge in [-0.05, 0) is 43.3 Å². The van der Waals surface area contributed by atoms with Crippen LogP contribution in [0, 0.1) is 18.8 Å². The molecule has 3 aromatic rings. The maximum atomic E-state index is 12.5. The van der Waals surface area contributed by atoms with E-state index in [9.17, 15) is 9.59 Å². The molecule has 1 aliphatic rings. The highest BCUT2D eigenvalue weighted by Crippen LogP contribution is 2.16. The van der Waals surface area contributed by atoms with Crippen molar-refractivity contribution in [1.29, 1.82) is 0 Å². The quantitative estimate of drug-likeness (QED) is 0.689. The van der Waals surface area contributed by atoms with Crippen LogP contribution in [0.4, 0.5) is 10.5 Å². The van der Waals surface area contributed by atoms with E-state index in [1.165, 1.54) is 0 Å². The Hall–Kier alpha value is -3.79. The zero-order valence-electron chi connectivity index (χ0n) is 15.4. The molecule has 3 amide bonds. The molecule has 0 atom stereocenters. The first-order chi connectivity index (χ1) is 13.6. The minimum Gasteiger partial charge on any atom is -0.340 e. The molecule has 0 aliphatic carbocycles. The van der Waals surface area contributed by atoms with E-state index in [4.69, 9.17) is 0 Å². The van der Waals surface area contributed by atoms with E-state index in [0.717, 1.165) is 16.9 Å². The summed E-state index contributed by atoms with van der Waals surface area (Å²) in [5.74, 6) is 5.77. The topological polar surface area (TPSA) is 78.7 Å². The summed E-state index contributed by atoms with van der Waals surface area (Å²) in [5, 5.41) is 5.59. The number of aromatic nitrogens is 2. The number of rotatable bonds is 3. The van der Waals surface area contributed by atoms with Crippen LogP contribution in [0.1, 0.15) is 21.7 Å². The third kappa shape index (κ3) is 3.40. The number of benzene rings is 1. The standard InChI is InChI=1S/C21H19N5O2/c1-15-19(26-13-3-2-6-18(26)24-15)20(27)22-11-4-5-16-7-9-17(10-8-16)25-14-12-23-21(25)28/h2-3,6-10,13H,11-12,14H2,1H3,(H,22,27)(H,23,28). The van der Waals surface area contributed by atoms with Gasteiger partial charge in [-0.2, -0.15) is 0 Å². The smallest absolute Gasteiger partial charge is 0.321 e. The molecule has 0 radical (unpaired) electrons. The molecule has 0 saturated carbocycles. The lowest BCUT2D eigenvalue weighted by Gasteiger charge is -2.13. The highest BCUT2D eigenvalue weighted by Gasteiger charge is 2.20. The maximum absolute atomic E-state index is 12.5. The number of nitrogens with one attached hydrogen (secondary N) is 2. The normalized spacial score (nSPS) is 13.2. The summed E-state index contributed by atoms with van der Waals surface area (Å²) in [6.45, 7) is 3.37. The molecule has 28 heavy (non-hydrogen) atoms. The van der Waals surface area contributed by atoms with Crippen molar-refractivity contribution >= 4 is 23.3 Å². The molecule has 7 heteroatoms. The van der Waals surface area contributed by atoms with E-state index < -0.39 is 0 Å². The van der Waals surface area contributed by atoms with Crippen molar-refractivity contribution < 1.29 is 9.59 Å². The molecule has 1 aromatic carbocycles. The fourth-order valence-electron chi connectivity index (χ4n) is 3.18. The first-order valence-electron chi connectivity index (χ1n) is 9.00. The van der Waals surface area contributed by atoms with E-state index in [-0.39, 0.29) is 18.5 Å². The SMILES string of the molecule is Cc1nc2ccccn2c1C(=O)NCC#Cc1ccc(N2CCNC2=O)cc1. The van der Waals surface area contributed by atoms with Crippen LogP contribution in [0.25, 0.3) is 5.65 Å². The van der Waals surface area contributed by atoms with Gasteiger partial charge in [-0.1, -0.05) is 17.9 Å². The summed E-state index contributed by atoms with van der Waals surface area (Å²) >= 11 is 0. The minimum atomic E-state index is -0.208. The number of carbonyl (C=O) groups is 2. The van der Waals surface area contributed by atoms with Gasteiger partial charge in [0.25, 0.3) is 5.91 Å². The summed E-state index contributed by atoms with van der Waals surface area (Å²) in [6.07, 6.45) is 1.82. The maximum Gasteiger partial charge on any atom is 0.321 e. The van der Waals surface area contributed by atoms with Gasteiger partial charge in [0.15, 0.2) is 0 Å². The third-order valence-electron chi connectivity index (χ3n) is 4.53. The van der Waals surface area contributed by atoms with E-state index in [2.05, 4.69) is 27.5 Å². The number of fused-ring (bicyclic) bond motifs is 1. The van der Waals surface area contributed by atoms with Crippen molar-refractivity contribution in [3.8, 4) is 11.8 Å². The van der Waals surface area contributed by atoms with Crippen LogP contribution >= 0.6 is 0 Å². The van der Waals surface area contributed by atoms with Crippen LogP contribution in [-0.2, 0) is 0 Å². The Morgan fingerprint density at radius 1 is 1.25 bits per heavy atom. The highest BCUT2D eigenvalue weighted by atomic mass is 16.2. The zero-order valence-corrected chi connectivity index (χ0v) is 15.4. The number of imidazole rings is 1. The molecule has 4 rings (SSSR count). The summed E-state index contributed by atoms with van der Waals surface area (Å²) in [7, 11) is 0. The molecular formula is C21H19N5O2. The summed E-state index contributed by atoms with van der Waals surface area (Å²) in [6, 6.07) is 13.0. The van der Waals surface area contributed by atoms with E-state index >= 15 is 0 Å². The number of nitrogens with zero attached hydrogens (tertiary/aromatic N) is 3. The van der Waals surface area contributed by atoms with E-state index in [0.29, 0.717) is 24.5 Å². The third-order valence-corrected chi connectivity index (χ3v) is 4.53. The number of hydrogen-bond acceptors (Lipinski definition) is 3. The van der Waals surface area contributed by atoms with Gasteiger partial charge in [0.05, 0.1) is 12.2 Å². The molecule has 2 aromatic heterocycles. The Morgan fingerprint density at radius 3 is 2.82 bits per heavy atom. The molecular weight excluding hydrogens is 354 g/mol. The molecule has 1 saturated heterocycles. The largest absolute Gasteiger partial charge is 0.340 e. The second-order valence-corrected chi connectivity index (χ2v) is 6.39.